The second kappa shape index (κ2) is 7.67. The van der Waals surface area contributed by atoms with Gasteiger partial charge >= 0.3 is 5.97 Å². The van der Waals surface area contributed by atoms with E-state index in [1.54, 1.807) is 38.1 Å². The Morgan fingerprint density at radius 1 is 1.26 bits per heavy atom. The highest BCUT2D eigenvalue weighted by atomic mass is 16.5. The van der Waals surface area contributed by atoms with E-state index in [1.165, 1.54) is 0 Å². The van der Waals surface area contributed by atoms with Gasteiger partial charge < -0.3 is 14.2 Å². The van der Waals surface area contributed by atoms with Gasteiger partial charge in [-0.1, -0.05) is 19.4 Å². The van der Waals surface area contributed by atoms with Gasteiger partial charge in [-0.3, -0.25) is 0 Å². The van der Waals surface area contributed by atoms with Gasteiger partial charge in [0.1, 0.15) is 11.3 Å². The second-order valence-corrected chi connectivity index (χ2v) is 5.07. The summed E-state index contributed by atoms with van der Waals surface area (Å²) in [5.41, 5.74) is 1.75. The van der Waals surface area contributed by atoms with Gasteiger partial charge in [-0.05, 0) is 25.5 Å². The van der Waals surface area contributed by atoms with Gasteiger partial charge in [0.25, 0.3) is 0 Å². The first-order chi connectivity index (χ1) is 11.1. The first-order valence-corrected chi connectivity index (χ1v) is 7.57. The van der Waals surface area contributed by atoms with E-state index in [0.29, 0.717) is 35.1 Å². The number of unbranched alkanes of at least 4 members (excludes halogenated alkanes) is 1. The van der Waals surface area contributed by atoms with Crippen molar-refractivity contribution in [3.63, 3.8) is 0 Å². The van der Waals surface area contributed by atoms with Gasteiger partial charge in [-0.2, -0.15) is 5.10 Å². The molecule has 0 radical (unpaired) electrons. The van der Waals surface area contributed by atoms with Crippen LogP contribution in [0.25, 0.3) is 5.69 Å². The summed E-state index contributed by atoms with van der Waals surface area (Å²) in [6, 6.07) is 5.49. The summed E-state index contributed by atoms with van der Waals surface area (Å²) in [6.07, 6.45) is 3.48. The van der Waals surface area contributed by atoms with E-state index in [2.05, 4.69) is 5.10 Å². The van der Waals surface area contributed by atoms with Crippen LogP contribution in [0.4, 0.5) is 0 Å². The first kappa shape index (κ1) is 16.9. The molecule has 0 N–H and O–H groups in total. The number of benzene rings is 1. The average Bonchev–Trinajstić information content (AvgIpc) is 2.95. The molecule has 124 valence electrons. The first-order valence-electron chi connectivity index (χ1n) is 7.57. The molecule has 0 aliphatic heterocycles. The highest BCUT2D eigenvalue weighted by molar-refractivity contribution is 5.90. The Morgan fingerprint density at radius 3 is 2.70 bits per heavy atom. The lowest BCUT2D eigenvalue weighted by Crippen LogP contribution is -2.06. The summed E-state index contributed by atoms with van der Waals surface area (Å²) in [7, 11) is 3.14. The lowest BCUT2D eigenvalue weighted by molar-refractivity contribution is 0.0499. The molecule has 2 rings (SSSR count). The summed E-state index contributed by atoms with van der Waals surface area (Å²) < 4.78 is 17.6. The lowest BCUT2D eigenvalue weighted by atomic mass is 10.2. The van der Waals surface area contributed by atoms with Crippen LogP contribution in [0.5, 0.6) is 11.5 Å². The number of carbonyl (C=O) groups is 1. The molecule has 1 aromatic carbocycles. The minimum Gasteiger partial charge on any atom is -0.493 e. The number of aryl methyl sites for hydroxylation is 1. The normalized spacial score (nSPS) is 10.4. The van der Waals surface area contributed by atoms with Crippen molar-refractivity contribution in [2.75, 3.05) is 20.8 Å². The standard InChI is InChI=1S/C17H22N2O4/c1-5-6-10-23-17(20)13-11-19(18-12(13)2)14-8-7-9-15(21-3)16(14)22-4/h7-9,11H,5-6,10H2,1-4H3. The van der Waals surface area contributed by atoms with Crippen molar-refractivity contribution >= 4 is 5.97 Å². The fraction of sp³-hybridized carbons (Fsp3) is 0.412. The topological polar surface area (TPSA) is 62.6 Å². The van der Waals surface area contributed by atoms with Crippen molar-refractivity contribution < 1.29 is 19.0 Å². The third kappa shape index (κ3) is 3.64. The summed E-state index contributed by atoms with van der Waals surface area (Å²) in [6.45, 7) is 4.24. The van der Waals surface area contributed by atoms with Crippen molar-refractivity contribution in [3.05, 3.63) is 35.7 Å². The number of methoxy groups -OCH3 is 2. The predicted molar refractivity (Wildman–Crippen MR) is 86.6 cm³/mol. The lowest BCUT2D eigenvalue weighted by Gasteiger charge is -2.12. The number of hydrogen-bond acceptors (Lipinski definition) is 5. The largest absolute Gasteiger partial charge is 0.493 e. The van der Waals surface area contributed by atoms with Crippen LogP contribution in [0.2, 0.25) is 0 Å². The van der Waals surface area contributed by atoms with Crippen LogP contribution in [0.1, 0.15) is 35.8 Å². The van der Waals surface area contributed by atoms with Crippen LogP contribution < -0.4 is 9.47 Å². The quantitative estimate of drug-likeness (QED) is 0.579. The fourth-order valence-corrected chi connectivity index (χ4v) is 2.22. The number of esters is 1. The molecule has 0 bridgehead atoms. The van der Waals surface area contributed by atoms with Crippen LogP contribution in [0, 0.1) is 6.92 Å². The number of rotatable bonds is 7. The highest BCUT2D eigenvalue weighted by Gasteiger charge is 2.18. The van der Waals surface area contributed by atoms with Crippen LogP contribution in [-0.4, -0.2) is 36.6 Å². The Balaban J connectivity index is 2.32. The summed E-state index contributed by atoms with van der Waals surface area (Å²) in [4.78, 5) is 12.1. The van der Waals surface area contributed by atoms with Gasteiger partial charge in [0, 0.05) is 6.20 Å². The Bertz CT molecular complexity index is 679. The Morgan fingerprint density at radius 2 is 2.04 bits per heavy atom. The molecule has 0 unspecified atom stereocenters. The van der Waals surface area contributed by atoms with Crippen molar-refractivity contribution in [1.82, 2.24) is 9.78 Å². The summed E-state index contributed by atoms with van der Waals surface area (Å²) >= 11 is 0. The zero-order valence-corrected chi connectivity index (χ0v) is 14.0. The van der Waals surface area contributed by atoms with Crippen LogP contribution in [0.3, 0.4) is 0 Å². The minimum absolute atomic E-state index is 0.357. The Labute approximate surface area is 136 Å². The zero-order chi connectivity index (χ0) is 16.8. The number of aromatic nitrogens is 2. The molecule has 1 aromatic heterocycles. The number of hydrogen-bond donors (Lipinski definition) is 0. The molecule has 6 heteroatoms. The predicted octanol–water partition coefficient (Wildman–Crippen LogP) is 3.15. The minimum atomic E-state index is -0.357. The average molecular weight is 318 g/mol. The second-order valence-electron chi connectivity index (χ2n) is 5.07. The molecule has 6 nitrogen and oxygen atoms in total. The zero-order valence-electron chi connectivity index (χ0n) is 14.0. The monoisotopic (exact) mass is 318 g/mol. The molecule has 0 saturated carbocycles. The maximum absolute atomic E-state index is 12.1. The van der Waals surface area contributed by atoms with Crippen molar-refractivity contribution in [3.8, 4) is 17.2 Å². The van der Waals surface area contributed by atoms with Crippen molar-refractivity contribution in [2.24, 2.45) is 0 Å². The van der Waals surface area contributed by atoms with Crippen LogP contribution in [-0.2, 0) is 4.74 Å². The van der Waals surface area contributed by atoms with E-state index in [9.17, 15) is 4.79 Å². The molecule has 2 aromatic rings. The van der Waals surface area contributed by atoms with E-state index in [4.69, 9.17) is 14.2 Å². The van der Waals surface area contributed by atoms with E-state index >= 15 is 0 Å². The third-order valence-electron chi connectivity index (χ3n) is 3.48. The van der Waals surface area contributed by atoms with Crippen LogP contribution in [0.15, 0.2) is 24.4 Å². The maximum Gasteiger partial charge on any atom is 0.341 e. The molecule has 0 atom stereocenters. The molecule has 0 aliphatic carbocycles. The van der Waals surface area contributed by atoms with E-state index in [0.717, 1.165) is 12.8 Å². The molecule has 0 saturated heterocycles. The molecule has 0 spiro atoms. The van der Waals surface area contributed by atoms with Crippen molar-refractivity contribution in [1.29, 1.82) is 0 Å². The highest BCUT2D eigenvalue weighted by Crippen LogP contribution is 2.33. The number of para-hydroxylation sites is 1. The van der Waals surface area contributed by atoms with E-state index in [-0.39, 0.29) is 5.97 Å². The maximum atomic E-state index is 12.1. The molecule has 23 heavy (non-hydrogen) atoms. The van der Waals surface area contributed by atoms with Gasteiger partial charge in [0.05, 0.1) is 26.5 Å². The smallest absolute Gasteiger partial charge is 0.341 e. The SMILES string of the molecule is CCCCOC(=O)c1cn(-c2cccc(OC)c2OC)nc1C. The third-order valence-corrected chi connectivity index (χ3v) is 3.48. The summed E-state index contributed by atoms with van der Waals surface area (Å²) in [5, 5.41) is 4.39. The van der Waals surface area contributed by atoms with E-state index < -0.39 is 0 Å². The van der Waals surface area contributed by atoms with Gasteiger partial charge in [0.15, 0.2) is 11.5 Å². The molecular weight excluding hydrogens is 296 g/mol. The molecule has 0 aliphatic rings. The molecule has 1 heterocycles. The molecule has 0 fully saturated rings. The fourth-order valence-electron chi connectivity index (χ4n) is 2.22. The Hall–Kier alpha value is -2.50. The Kier molecular flexibility index (Phi) is 5.62. The van der Waals surface area contributed by atoms with Gasteiger partial charge in [-0.15, -0.1) is 0 Å². The van der Waals surface area contributed by atoms with Crippen molar-refractivity contribution in [2.45, 2.75) is 26.7 Å². The van der Waals surface area contributed by atoms with E-state index in [1.807, 2.05) is 19.1 Å². The van der Waals surface area contributed by atoms with Crippen LogP contribution >= 0.6 is 0 Å². The number of carbonyl (C=O) groups excluding carboxylic acids is 1. The number of nitrogens with zero attached hydrogens (tertiary/aromatic N) is 2. The summed E-state index contributed by atoms with van der Waals surface area (Å²) in [5.74, 6) is 0.803. The van der Waals surface area contributed by atoms with Gasteiger partial charge in [-0.25, -0.2) is 9.48 Å². The molecular formula is C17H22N2O4. The molecule has 0 amide bonds. The van der Waals surface area contributed by atoms with Gasteiger partial charge in [0.2, 0.25) is 0 Å². The number of ether oxygens (including phenoxy) is 3.